The van der Waals surface area contributed by atoms with Gasteiger partial charge in [-0.1, -0.05) is 11.6 Å². The number of anilines is 2. The molecule has 11 heteroatoms. The summed E-state index contributed by atoms with van der Waals surface area (Å²) in [5, 5.41) is 3.76. The van der Waals surface area contributed by atoms with Crippen LogP contribution in [0.1, 0.15) is 11.4 Å². The van der Waals surface area contributed by atoms with E-state index in [9.17, 15) is 22.0 Å². The molecule has 136 valence electrons. The van der Waals surface area contributed by atoms with Crippen molar-refractivity contribution in [3.63, 3.8) is 0 Å². The monoisotopic (exact) mass is 406 g/mol. The van der Waals surface area contributed by atoms with Gasteiger partial charge in [0.1, 0.15) is 11.6 Å². The van der Waals surface area contributed by atoms with E-state index in [-0.39, 0.29) is 33.2 Å². The maximum atomic E-state index is 13.9. The Hall–Kier alpha value is -2.33. The highest BCUT2D eigenvalue weighted by molar-refractivity contribution is 7.14. The van der Waals surface area contributed by atoms with Gasteiger partial charge in [-0.2, -0.15) is 17.6 Å². The van der Waals surface area contributed by atoms with E-state index in [1.807, 2.05) is 0 Å². The molecule has 0 aliphatic heterocycles. The van der Waals surface area contributed by atoms with Crippen LogP contribution in [0.15, 0.2) is 23.6 Å². The highest BCUT2D eigenvalue weighted by Gasteiger charge is 2.31. The minimum Gasteiger partial charge on any atom is -0.314 e. The molecule has 0 aliphatic rings. The fraction of sp³-hybridized carbons (Fsp3) is 0.133. The molecule has 2 aromatic heterocycles. The molecule has 3 aromatic rings. The van der Waals surface area contributed by atoms with Crippen molar-refractivity contribution in [1.29, 1.82) is 0 Å². The van der Waals surface area contributed by atoms with Crippen LogP contribution in [0, 0.1) is 18.6 Å². The quantitative estimate of drug-likeness (QED) is 0.454. The van der Waals surface area contributed by atoms with Gasteiger partial charge in [0.2, 0.25) is 5.82 Å². The largest absolute Gasteiger partial charge is 0.416 e. The molecule has 0 aliphatic carbocycles. The zero-order valence-electron chi connectivity index (χ0n) is 12.8. The molecule has 0 bridgehead atoms. The van der Waals surface area contributed by atoms with E-state index >= 15 is 0 Å². The smallest absolute Gasteiger partial charge is 0.314 e. The van der Waals surface area contributed by atoms with Gasteiger partial charge in [0, 0.05) is 10.9 Å². The van der Waals surface area contributed by atoms with Crippen molar-refractivity contribution in [2.24, 2.45) is 0 Å². The third-order valence-corrected chi connectivity index (χ3v) is 4.18. The number of hydrogen-bond acceptors (Lipinski definition) is 5. The normalized spacial score (nSPS) is 11.7. The van der Waals surface area contributed by atoms with Crippen molar-refractivity contribution < 1.29 is 22.0 Å². The van der Waals surface area contributed by atoms with E-state index in [1.54, 1.807) is 0 Å². The lowest BCUT2D eigenvalue weighted by molar-refractivity contribution is -0.137. The van der Waals surface area contributed by atoms with Gasteiger partial charge in [0.15, 0.2) is 16.1 Å². The van der Waals surface area contributed by atoms with Crippen molar-refractivity contribution in [1.82, 2.24) is 15.0 Å². The number of halogens is 6. The first-order valence-electron chi connectivity index (χ1n) is 6.94. The van der Waals surface area contributed by atoms with Crippen LogP contribution in [0.25, 0.3) is 11.3 Å². The van der Waals surface area contributed by atoms with Crippen molar-refractivity contribution >= 4 is 33.9 Å². The number of nitrogens with one attached hydrogen (secondary N) is 1. The molecule has 0 spiro atoms. The number of aromatic nitrogens is 3. The molecule has 4 nitrogen and oxygen atoms in total. The topological polar surface area (TPSA) is 50.7 Å². The predicted molar refractivity (Wildman–Crippen MR) is 87.5 cm³/mol. The molecule has 0 saturated heterocycles. The van der Waals surface area contributed by atoms with Crippen molar-refractivity contribution in [2.75, 3.05) is 5.32 Å². The number of aryl methyl sites for hydroxylation is 1. The minimum absolute atomic E-state index is 0.0565. The number of rotatable bonds is 3. The SMILES string of the molecule is Cc1nc(Cl)c(F)c(Nc2nc(-c3cc(F)cc(C(F)(F)F)c3)cs2)n1. The second-order valence-corrected chi connectivity index (χ2v) is 6.33. The standard InChI is InChI=1S/C15H8ClF5N4S/c1-6-22-12(16)11(18)13(23-6)25-14-24-10(5-26-14)7-2-8(15(19,20)21)4-9(17)3-7/h2-5H,1H3,(H,22,23,24,25). The Balaban J connectivity index is 1.93. The molecule has 0 fully saturated rings. The van der Waals surface area contributed by atoms with E-state index in [0.29, 0.717) is 6.07 Å². The fourth-order valence-corrected chi connectivity index (χ4v) is 3.00. The molecule has 0 atom stereocenters. The maximum absolute atomic E-state index is 13.9. The van der Waals surface area contributed by atoms with Crippen molar-refractivity contribution in [2.45, 2.75) is 13.1 Å². The van der Waals surface area contributed by atoms with Crippen LogP contribution in [0.2, 0.25) is 5.15 Å². The van der Waals surface area contributed by atoms with E-state index in [4.69, 9.17) is 11.6 Å². The van der Waals surface area contributed by atoms with Crippen LogP contribution in [0.5, 0.6) is 0 Å². The van der Waals surface area contributed by atoms with Crippen molar-refractivity contribution in [3.8, 4) is 11.3 Å². The average Bonchev–Trinajstić information content (AvgIpc) is 2.99. The van der Waals surface area contributed by atoms with Crippen LogP contribution >= 0.6 is 22.9 Å². The second kappa shape index (κ2) is 6.76. The molecule has 0 amide bonds. The molecule has 2 heterocycles. The van der Waals surface area contributed by atoms with Gasteiger partial charge in [-0.25, -0.2) is 19.3 Å². The van der Waals surface area contributed by atoms with E-state index in [1.165, 1.54) is 12.3 Å². The summed E-state index contributed by atoms with van der Waals surface area (Å²) in [5.74, 6) is -1.94. The molecule has 0 unspecified atom stereocenters. The van der Waals surface area contributed by atoms with Crippen LogP contribution in [0.3, 0.4) is 0 Å². The van der Waals surface area contributed by atoms with Gasteiger partial charge in [0.05, 0.1) is 11.3 Å². The number of thiazole rings is 1. The third-order valence-electron chi connectivity index (χ3n) is 3.17. The molecule has 26 heavy (non-hydrogen) atoms. The molecule has 1 aromatic carbocycles. The zero-order chi connectivity index (χ0) is 19.1. The Morgan fingerprint density at radius 3 is 2.50 bits per heavy atom. The highest BCUT2D eigenvalue weighted by Crippen LogP contribution is 2.34. The third kappa shape index (κ3) is 3.91. The summed E-state index contributed by atoms with van der Waals surface area (Å²) < 4.78 is 65.9. The second-order valence-electron chi connectivity index (χ2n) is 5.11. The Bertz CT molecular complexity index is 973. The summed E-state index contributed by atoms with van der Waals surface area (Å²) in [6, 6.07) is 2.12. The molecule has 1 N–H and O–H groups in total. The summed E-state index contributed by atoms with van der Waals surface area (Å²) in [6.45, 7) is 1.51. The van der Waals surface area contributed by atoms with E-state index in [0.717, 1.165) is 23.5 Å². The van der Waals surface area contributed by atoms with Crippen molar-refractivity contribution in [3.05, 3.63) is 51.8 Å². The first-order valence-corrected chi connectivity index (χ1v) is 8.19. The van der Waals surface area contributed by atoms with Gasteiger partial charge < -0.3 is 5.32 Å². The van der Waals surface area contributed by atoms with Gasteiger partial charge >= 0.3 is 6.18 Å². The number of benzene rings is 1. The molecule has 0 radical (unpaired) electrons. The Kier molecular flexibility index (Phi) is 4.80. The Labute approximate surface area is 152 Å². The van der Waals surface area contributed by atoms with Crippen LogP contribution in [-0.4, -0.2) is 15.0 Å². The van der Waals surface area contributed by atoms with Crippen LogP contribution < -0.4 is 5.32 Å². The molecule has 0 saturated carbocycles. The maximum Gasteiger partial charge on any atom is 0.416 e. The van der Waals surface area contributed by atoms with Gasteiger partial charge in [-0.15, -0.1) is 11.3 Å². The lowest BCUT2D eigenvalue weighted by Crippen LogP contribution is -2.05. The average molecular weight is 407 g/mol. The summed E-state index contributed by atoms with van der Waals surface area (Å²) in [6.07, 6.45) is -4.69. The molecular formula is C15H8ClF5N4S. The van der Waals surface area contributed by atoms with Gasteiger partial charge in [0.25, 0.3) is 0 Å². The molecule has 3 rings (SSSR count). The number of hydrogen-bond donors (Lipinski definition) is 1. The van der Waals surface area contributed by atoms with E-state index in [2.05, 4.69) is 20.3 Å². The lowest BCUT2D eigenvalue weighted by Gasteiger charge is -2.08. The minimum atomic E-state index is -4.69. The summed E-state index contributed by atoms with van der Waals surface area (Å²) in [5.41, 5.74) is -1.09. The van der Waals surface area contributed by atoms with E-state index < -0.39 is 23.4 Å². The predicted octanol–water partition coefficient (Wildman–Crippen LogP) is 5.60. The summed E-state index contributed by atoms with van der Waals surface area (Å²) >= 11 is 6.62. The number of alkyl halides is 3. The van der Waals surface area contributed by atoms with Crippen LogP contribution in [0.4, 0.5) is 32.9 Å². The molecular weight excluding hydrogens is 399 g/mol. The zero-order valence-corrected chi connectivity index (χ0v) is 14.4. The number of nitrogens with zero attached hydrogens (tertiary/aromatic N) is 3. The highest BCUT2D eigenvalue weighted by atomic mass is 35.5. The first-order chi connectivity index (χ1) is 12.1. The Morgan fingerprint density at radius 2 is 1.81 bits per heavy atom. The fourth-order valence-electron chi connectivity index (χ4n) is 2.07. The lowest BCUT2D eigenvalue weighted by atomic mass is 10.1. The van der Waals surface area contributed by atoms with Crippen LogP contribution in [-0.2, 0) is 6.18 Å². The first kappa shape index (κ1) is 18.5. The summed E-state index contributed by atoms with van der Waals surface area (Å²) in [7, 11) is 0. The van der Waals surface area contributed by atoms with Gasteiger partial charge in [-0.05, 0) is 25.1 Å². The Morgan fingerprint density at radius 1 is 1.08 bits per heavy atom. The van der Waals surface area contributed by atoms with Gasteiger partial charge in [-0.3, -0.25) is 0 Å². The summed E-state index contributed by atoms with van der Waals surface area (Å²) in [4.78, 5) is 11.5.